The van der Waals surface area contributed by atoms with E-state index in [1.54, 1.807) is 228 Å². The minimum atomic E-state index is -3.97. The maximum Gasteiger partial charge on any atom is 0.494 e. The number of sulfone groups is 4. The Bertz CT molecular complexity index is 5450. The van der Waals surface area contributed by atoms with Crippen LogP contribution in [0, 0.1) is 0 Å². The number of hydrogen-bond donors (Lipinski definition) is 0. The molecule has 0 bridgehead atoms. The van der Waals surface area contributed by atoms with Crippen LogP contribution in [0.1, 0.15) is 83.1 Å². The van der Waals surface area contributed by atoms with Crippen molar-refractivity contribution in [1.82, 2.24) is 0 Å². The van der Waals surface area contributed by atoms with E-state index >= 15 is 0 Å². The van der Waals surface area contributed by atoms with Crippen LogP contribution in [0.25, 0.3) is 0 Å². The zero-order chi connectivity index (χ0) is 72.2. The summed E-state index contributed by atoms with van der Waals surface area (Å²) in [7, 11) is 31.7. The molecule has 4 aromatic rings. The van der Waals surface area contributed by atoms with E-state index in [2.05, 4.69) is 15.9 Å². The van der Waals surface area contributed by atoms with Crippen molar-refractivity contribution in [1.29, 1.82) is 0 Å². The van der Waals surface area contributed by atoms with E-state index in [4.69, 9.17) is 72.7 Å². The van der Waals surface area contributed by atoms with Gasteiger partial charge in [-0.25, -0.2) is 33.7 Å². The van der Waals surface area contributed by atoms with Crippen LogP contribution >= 0.6 is 15.9 Å². The highest BCUT2D eigenvalue weighted by atomic mass is 79.9. The molecule has 3 fully saturated rings. The summed E-state index contributed by atoms with van der Waals surface area (Å²) in [5.41, 5.74) is -2.16. The fourth-order valence-corrected chi connectivity index (χ4v) is 85.0. The van der Waals surface area contributed by atoms with Gasteiger partial charge in [0.2, 0.25) is 39.3 Å². The monoisotopic (exact) mass is 2070 g/mol. The van der Waals surface area contributed by atoms with Crippen LogP contribution in [0.2, 0.25) is 0 Å². The molecule has 14 nitrogen and oxygen atoms in total. The van der Waals surface area contributed by atoms with Crippen LogP contribution < -0.4 is 5.46 Å². The lowest BCUT2D eigenvalue weighted by atomic mass is 9.49. The zero-order valence-electron chi connectivity index (χ0n) is 51.0. The van der Waals surface area contributed by atoms with Crippen molar-refractivity contribution in [2.24, 2.45) is 0 Å². The third kappa shape index (κ3) is 26.2. The van der Waals surface area contributed by atoms with E-state index in [0.29, 0.717) is 9.94 Å². The Kier molecular flexibility index (Phi) is 40.5. The lowest BCUT2D eigenvalue weighted by Gasteiger charge is -2.32. The average molecular weight is 2080 g/mol. The lowest BCUT2D eigenvalue weighted by Crippen LogP contribution is -2.41. The number of halogens is 1. The maximum atomic E-state index is 13.1. The molecule has 540 valence electrons. The predicted octanol–water partition coefficient (Wildman–Crippen LogP) is 6.56. The molecule has 0 atom stereocenters. The van der Waals surface area contributed by atoms with Gasteiger partial charge in [-0.3, -0.25) is 0 Å². The Morgan fingerprint density at radius 1 is 0.289 bits per heavy atom. The molecule has 3 saturated heterocycles. The normalized spacial score (nSPS) is 18.5. The Labute approximate surface area is 678 Å². The summed E-state index contributed by atoms with van der Waals surface area (Å²) < 4.78 is 138. The summed E-state index contributed by atoms with van der Waals surface area (Å²) in [6.45, 7) is 23.8. The number of hydrogen-bond acceptors (Lipinski definition) is 18. The van der Waals surface area contributed by atoms with E-state index in [9.17, 15) is 33.7 Å². The summed E-state index contributed by atoms with van der Waals surface area (Å²) in [5, 5.41) is 0. The van der Waals surface area contributed by atoms with Crippen LogP contribution in [-0.4, -0.2) is 88.4 Å². The van der Waals surface area contributed by atoms with Gasteiger partial charge in [-0.2, -0.15) is 0 Å². The van der Waals surface area contributed by atoms with E-state index in [-0.39, 0.29) is 61.6 Å². The topological polar surface area (TPSA) is 192 Å². The molecule has 97 heavy (non-hydrogen) atoms. The van der Waals surface area contributed by atoms with Crippen LogP contribution in [-0.2, 0) is 370 Å². The zero-order valence-corrected chi connectivity index (χ0v) is 82.8. The number of fused-ring (bicyclic) bond motifs is 4. The molecule has 5 aliphatic heterocycles. The van der Waals surface area contributed by atoms with Gasteiger partial charge in [0.1, 0.15) is 0 Å². The highest BCUT2D eigenvalue weighted by molar-refractivity contribution is 9.10. The van der Waals surface area contributed by atoms with Crippen molar-refractivity contribution in [2.75, 3.05) is 0 Å². The highest BCUT2D eigenvalue weighted by Crippen LogP contribution is 2.45. The molecule has 0 unspecified atom stereocenters. The van der Waals surface area contributed by atoms with Crippen molar-refractivity contribution in [3.63, 3.8) is 0 Å². The summed E-state index contributed by atoms with van der Waals surface area (Å²) in [4.78, 5) is -1.54. The van der Waals surface area contributed by atoms with Crippen LogP contribution in [0.3, 0.4) is 0 Å². The summed E-state index contributed by atoms with van der Waals surface area (Å²) in [6.07, 6.45) is 0. The molecule has 0 saturated carbocycles. The largest absolute Gasteiger partial charge is 0.494 e. The first-order chi connectivity index (χ1) is 45.4. The smallest absolute Gasteiger partial charge is 0.405 e. The van der Waals surface area contributed by atoms with Gasteiger partial charge in [-0.1, -0.05) is 46.3 Å². The summed E-state index contributed by atoms with van der Waals surface area (Å²) in [6, 6.07) is 19.6. The second kappa shape index (κ2) is 42.7. The number of benzene rings is 4. The predicted molar refractivity (Wildman–Crippen MR) is 486 cm³/mol. The molecule has 9 rings (SSSR count). The third-order valence-corrected chi connectivity index (χ3v) is 82.4. The molecule has 0 amide bonds. The molecule has 0 aliphatic carbocycles. The van der Waals surface area contributed by atoms with Gasteiger partial charge in [0.05, 0.1) is 72.8 Å². The van der Waals surface area contributed by atoms with Gasteiger partial charge in [-0.15, -0.1) is 0 Å². The minimum absolute atomic E-state index is 0.162. The van der Waals surface area contributed by atoms with Gasteiger partial charge in [0.25, 0.3) is 0 Å². The van der Waals surface area contributed by atoms with E-state index < -0.39 is 71.7 Å². The molecule has 0 aromatic heterocycles. The molecule has 4 aromatic carbocycles. The molecule has 5 aliphatic rings. The molecule has 55 heteroatoms. The quantitative estimate of drug-likeness (QED) is 0.169. The van der Waals surface area contributed by atoms with Gasteiger partial charge in [-0.05, 0) is 143 Å². The first kappa shape index (κ1) is 92.0. The van der Waals surface area contributed by atoms with Crippen molar-refractivity contribution < 1.29 is 61.6 Å². The van der Waals surface area contributed by atoms with E-state index in [1.165, 1.54) is 114 Å². The average Bonchev–Trinajstić information content (AvgIpc) is 1.22. The Morgan fingerprint density at radius 3 is 0.753 bits per heavy atom. The first-order valence-corrected chi connectivity index (χ1v) is 73.5. The van der Waals surface area contributed by atoms with Gasteiger partial charge in [0, 0.05) is 307 Å². The molecule has 0 spiro atoms. The van der Waals surface area contributed by atoms with Crippen molar-refractivity contribution in [3.05, 3.63) is 89.4 Å². The van der Waals surface area contributed by atoms with Gasteiger partial charge >= 0.3 is 21.1 Å². The van der Waals surface area contributed by atoms with E-state index in [0.717, 1.165) is 0 Å². The van der Waals surface area contributed by atoms with E-state index in [1.807, 2.05) is 83.1 Å². The van der Waals surface area contributed by atoms with Crippen LogP contribution in [0.5, 0.6) is 0 Å². The Hall–Kier alpha value is 4.37. The summed E-state index contributed by atoms with van der Waals surface area (Å²) >= 11 is 22.1. The van der Waals surface area contributed by atoms with Gasteiger partial charge < -0.3 is 27.9 Å². The third-order valence-electron chi connectivity index (χ3n) is 13.9. The van der Waals surface area contributed by atoms with Crippen molar-refractivity contribution >= 4 is 384 Å². The molecule has 0 radical (unpaired) electrons. The van der Waals surface area contributed by atoms with Gasteiger partial charge in [0.15, 0.2) is 0 Å². The summed E-state index contributed by atoms with van der Waals surface area (Å²) in [5.74, 6) is 0. The molecule has 0 N–H and O–H groups in total. The second-order valence-corrected chi connectivity index (χ2v) is 80.8. The fourth-order valence-electron chi connectivity index (χ4n) is 7.54. The molecular weight excluding hydrogens is 2030 g/mol. The van der Waals surface area contributed by atoms with Crippen LogP contribution in [0.15, 0.2) is 129 Å². The SMILES string of the molecule is CC1(C)OB(B2OC(C)(C)C(C)(C)O2)OC1(C)C.CC1(C)OB(c2ccc3c(c2)S(=O)(=O)c2ccccc2S3(=O)=O)OC1(C)C.O=S1(=O)c2ccccc2S(=O)(=O)c2cc(Br)ccc21.S=S=S=S=S=S=S=S=S=S=S=S=S=S=S=S.S=S=S=S=S=S=S=S=S=S=S=S=S=S=S=S=S. The minimum Gasteiger partial charge on any atom is -0.405 e. The first-order valence-electron chi connectivity index (χ1n) is 25.5. The van der Waals surface area contributed by atoms with Crippen molar-refractivity contribution in [2.45, 2.75) is 156 Å². The molecular formula is C42H50B3BrO14S37. The maximum absolute atomic E-state index is 13.1. The number of rotatable bonds is 2. The standard InChI is InChI=1S/C18H19BO6S2.C12H24B2O4.C12H7BrO4S2.S17.S16/c1-17(2)18(3,4)25-19(24-17)12-9-10-15-16(11-12)27(22,23)14-8-6-5-7-13(14)26(15,20)21;1-9(2)10(3,4)16-13(15-9)14-17-11(5,6)12(7,8)18-14;13-8-5-6-11-12(7-8)19(16,17)10-4-2-1-3-9(10)18(11,14)15;1-3-5-7-9-11-13-15-17-16-14-12-10-8-6-4-2;1-3-5-7-9-11-13-15-16-14-12-10-8-6-4-2/h5-11H,1-4H3;1-8H3;1-7H;;. The highest BCUT2D eigenvalue weighted by Gasteiger charge is 2.64. The molecule has 5 heterocycles. The second-order valence-electron chi connectivity index (χ2n) is 21.0. The Balaban J connectivity index is 0.000000223. The van der Waals surface area contributed by atoms with Crippen molar-refractivity contribution in [3.8, 4) is 0 Å². The lowest BCUT2D eigenvalue weighted by molar-refractivity contribution is 0.00578. The fraction of sp³-hybridized carbons (Fsp3) is 0.429. The Morgan fingerprint density at radius 2 is 0.495 bits per heavy atom. The van der Waals surface area contributed by atoms with Crippen LogP contribution in [0.4, 0.5) is 0 Å².